The second-order valence-electron chi connectivity index (χ2n) is 9.38. The van der Waals surface area contributed by atoms with Crippen LogP contribution in [-0.2, 0) is 26.9 Å². The zero-order chi connectivity index (χ0) is 29.0. The number of amides is 2. The van der Waals surface area contributed by atoms with Crippen LogP contribution in [-0.4, -0.2) is 40.4 Å². The van der Waals surface area contributed by atoms with Gasteiger partial charge in [-0.05, 0) is 67.0 Å². The lowest BCUT2D eigenvalue weighted by Gasteiger charge is -2.23. The molecular formula is C28H26F4N4O4. The molecule has 40 heavy (non-hydrogen) atoms. The number of carbonyl (C=O) groups is 3. The molecular weight excluding hydrogens is 532 g/mol. The quantitative estimate of drug-likeness (QED) is 0.273. The number of benzene rings is 1. The van der Waals surface area contributed by atoms with Crippen molar-refractivity contribution in [3.05, 3.63) is 88.2 Å². The molecule has 0 saturated heterocycles. The van der Waals surface area contributed by atoms with Gasteiger partial charge in [-0.2, -0.15) is 13.2 Å². The number of alkyl halides is 3. The summed E-state index contributed by atoms with van der Waals surface area (Å²) in [7, 11) is 0. The van der Waals surface area contributed by atoms with Crippen LogP contribution >= 0.6 is 0 Å². The predicted molar refractivity (Wildman–Crippen MR) is 136 cm³/mol. The Morgan fingerprint density at radius 2 is 1.93 bits per heavy atom. The lowest BCUT2D eigenvalue weighted by Crippen LogP contribution is -2.35. The highest BCUT2D eigenvalue weighted by molar-refractivity contribution is 5.96. The number of nitrogens with zero attached hydrogens (tertiary/aromatic N) is 2. The minimum atomic E-state index is -4.90. The largest absolute Gasteiger partial charge is 0.458 e. The highest BCUT2D eigenvalue weighted by Crippen LogP contribution is 2.41. The Hall–Kier alpha value is -4.35. The molecule has 0 spiro atoms. The highest BCUT2D eigenvalue weighted by atomic mass is 19.4. The number of nitrogens with one attached hydrogen (secondary N) is 2. The molecule has 1 aromatic heterocycles. The molecule has 2 aliphatic rings. The Morgan fingerprint density at radius 1 is 1.15 bits per heavy atom. The van der Waals surface area contributed by atoms with Crippen LogP contribution < -0.4 is 10.6 Å². The van der Waals surface area contributed by atoms with Gasteiger partial charge in [0, 0.05) is 11.6 Å². The van der Waals surface area contributed by atoms with Crippen molar-refractivity contribution in [3.63, 3.8) is 0 Å². The van der Waals surface area contributed by atoms with Gasteiger partial charge in [0.1, 0.15) is 30.3 Å². The van der Waals surface area contributed by atoms with Crippen molar-refractivity contribution in [3.8, 4) is 0 Å². The summed E-state index contributed by atoms with van der Waals surface area (Å²) in [4.78, 5) is 45.6. The fraction of sp³-hybridized carbons (Fsp3) is 0.321. The van der Waals surface area contributed by atoms with Crippen LogP contribution in [0.1, 0.15) is 54.2 Å². The van der Waals surface area contributed by atoms with Crippen LogP contribution in [0.15, 0.2) is 65.5 Å². The molecule has 12 heteroatoms. The van der Waals surface area contributed by atoms with E-state index in [0.717, 1.165) is 29.1 Å². The number of allylic oxidation sites excluding steroid dienone is 2. The number of carbonyl (C=O) groups excluding carboxylic acids is 3. The summed E-state index contributed by atoms with van der Waals surface area (Å²) in [6, 6.07) is 3.32. The number of anilines is 1. The highest BCUT2D eigenvalue weighted by Gasteiger charge is 2.35. The van der Waals surface area contributed by atoms with Crippen molar-refractivity contribution >= 4 is 23.6 Å². The maximum atomic E-state index is 13.5. The van der Waals surface area contributed by atoms with Crippen LogP contribution in [0, 0.1) is 5.82 Å². The predicted octanol–water partition coefficient (Wildman–Crippen LogP) is 4.84. The molecule has 0 fully saturated rings. The van der Waals surface area contributed by atoms with E-state index in [4.69, 9.17) is 4.74 Å². The zero-order valence-electron chi connectivity index (χ0n) is 21.5. The molecule has 2 aliphatic carbocycles. The molecule has 2 aromatic rings. The topological polar surface area (TPSA) is 110 Å². The van der Waals surface area contributed by atoms with Gasteiger partial charge in [0.05, 0.1) is 18.0 Å². The normalized spacial score (nSPS) is 16.9. The van der Waals surface area contributed by atoms with Gasteiger partial charge in [-0.15, -0.1) is 0 Å². The molecule has 4 rings (SSSR count). The van der Waals surface area contributed by atoms with Crippen LogP contribution in [0.5, 0.6) is 0 Å². The molecule has 0 unspecified atom stereocenters. The fourth-order valence-electron chi connectivity index (χ4n) is 4.91. The van der Waals surface area contributed by atoms with E-state index in [-0.39, 0.29) is 35.7 Å². The van der Waals surface area contributed by atoms with Gasteiger partial charge in [0.25, 0.3) is 5.91 Å². The minimum absolute atomic E-state index is 0.0164. The summed E-state index contributed by atoms with van der Waals surface area (Å²) in [5.74, 6) is -3.02. The average Bonchev–Trinajstić information content (AvgIpc) is 3.31. The van der Waals surface area contributed by atoms with Crippen molar-refractivity contribution < 1.29 is 36.7 Å². The van der Waals surface area contributed by atoms with Gasteiger partial charge in [-0.3, -0.25) is 9.59 Å². The molecule has 0 radical (unpaired) electrons. The van der Waals surface area contributed by atoms with E-state index in [0.29, 0.717) is 43.4 Å². The first-order valence-corrected chi connectivity index (χ1v) is 12.5. The monoisotopic (exact) mass is 558 g/mol. The van der Waals surface area contributed by atoms with Crippen LogP contribution in [0.2, 0.25) is 0 Å². The summed E-state index contributed by atoms with van der Waals surface area (Å²) in [6.45, 7) is 5.55. The molecule has 0 bridgehead atoms. The molecule has 8 nitrogen and oxygen atoms in total. The number of hydrogen-bond donors (Lipinski definition) is 2. The maximum absolute atomic E-state index is 13.5. The van der Waals surface area contributed by atoms with E-state index in [1.807, 2.05) is 6.92 Å². The summed E-state index contributed by atoms with van der Waals surface area (Å²) in [5, 5.41) is 5.37. The average molecular weight is 559 g/mol. The molecule has 1 heterocycles. The van der Waals surface area contributed by atoms with Gasteiger partial charge in [0.15, 0.2) is 0 Å². The van der Waals surface area contributed by atoms with E-state index < -0.39 is 35.8 Å². The Labute approximate surface area is 227 Å². The molecule has 2 N–H and O–H groups in total. The second kappa shape index (κ2) is 11.8. The molecule has 2 amide bonds. The summed E-state index contributed by atoms with van der Waals surface area (Å²) in [6.07, 6.45) is -0.347. The Balaban J connectivity index is 1.40. The number of aromatic nitrogens is 2. The maximum Gasteiger partial charge on any atom is 0.419 e. The molecule has 0 aliphatic heterocycles. The van der Waals surface area contributed by atoms with Gasteiger partial charge >= 0.3 is 12.1 Å². The lowest BCUT2D eigenvalue weighted by molar-refractivity contribution is -0.140. The van der Waals surface area contributed by atoms with E-state index in [9.17, 15) is 31.9 Å². The number of ether oxygens (including phenoxy) is 1. The third kappa shape index (κ3) is 6.44. The van der Waals surface area contributed by atoms with E-state index >= 15 is 0 Å². The van der Waals surface area contributed by atoms with Crippen molar-refractivity contribution in [2.24, 2.45) is 0 Å². The Kier molecular flexibility index (Phi) is 8.46. The number of hydrogen-bond acceptors (Lipinski definition) is 6. The SMILES string of the molecule is C=CCOC(=O)C1=C(C)C2=C(CC1)[C@@H](NC(=O)c1cc(NC(=O)Cc3ccc(F)c(C(F)(F)F)c3)ncn1)CC2. The van der Waals surface area contributed by atoms with Crippen molar-refractivity contribution in [1.29, 1.82) is 0 Å². The second-order valence-corrected chi connectivity index (χ2v) is 9.38. The molecule has 1 aromatic carbocycles. The first-order chi connectivity index (χ1) is 19.0. The molecule has 1 atom stereocenters. The van der Waals surface area contributed by atoms with E-state index in [1.165, 1.54) is 12.1 Å². The van der Waals surface area contributed by atoms with Gasteiger partial charge < -0.3 is 15.4 Å². The fourth-order valence-corrected chi connectivity index (χ4v) is 4.91. The summed E-state index contributed by atoms with van der Waals surface area (Å²) >= 11 is 0. The minimum Gasteiger partial charge on any atom is -0.458 e. The van der Waals surface area contributed by atoms with Gasteiger partial charge in [0.2, 0.25) is 5.91 Å². The zero-order valence-corrected chi connectivity index (χ0v) is 21.5. The van der Waals surface area contributed by atoms with Crippen LogP contribution in [0.4, 0.5) is 23.4 Å². The van der Waals surface area contributed by atoms with Crippen LogP contribution in [0.3, 0.4) is 0 Å². The first-order valence-electron chi connectivity index (χ1n) is 12.5. The van der Waals surface area contributed by atoms with Gasteiger partial charge in [-0.25, -0.2) is 19.2 Å². The number of rotatable bonds is 8. The number of esters is 1. The van der Waals surface area contributed by atoms with E-state index in [1.54, 1.807) is 0 Å². The van der Waals surface area contributed by atoms with Crippen molar-refractivity contribution in [1.82, 2.24) is 15.3 Å². The number of halogens is 4. The Bertz CT molecular complexity index is 1430. The van der Waals surface area contributed by atoms with Crippen LogP contribution in [0.25, 0.3) is 0 Å². The van der Waals surface area contributed by atoms with Crippen molar-refractivity contribution in [2.45, 2.75) is 51.2 Å². The third-order valence-corrected chi connectivity index (χ3v) is 6.79. The first kappa shape index (κ1) is 28.7. The standard InChI is InChI=1S/C28H26F4N4O4/c1-3-10-40-27(39)18-5-6-19-17(15(18)2)7-9-22(19)35-26(38)23-13-24(34-14-33-23)36-25(37)12-16-4-8-21(29)20(11-16)28(30,31)32/h3-4,8,11,13-14,22H,1,5-7,9-10,12H2,2H3,(H,35,38)(H,33,34,36,37)/t22-/m0/s1. The molecule has 210 valence electrons. The van der Waals surface area contributed by atoms with Gasteiger partial charge in [-0.1, -0.05) is 18.7 Å². The summed E-state index contributed by atoms with van der Waals surface area (Å²) < 4.78 is 57.6. The lowest BCUT2D eigenvalue weighted by atomic mass is 9.87. The van der Waals surface area contributed by atoms with Crippen molar-refractivity contribution in [2.75, 3.05) is 11.9 Å². The third-order valence-electron chi connectivity index (χ3n) is 6.79. The molecule has 0 saturated carbocycles. The van der Waals surface area contributed by atoms with E-state index in [2.05, 4.69) is 27.2 Å². The smallest absolute Gasteiger partial charge is 0.419 e. The summed E-state index contributed by atoms with van der Waals surface area (Å²) in [5.41, 5.74) is 2.05. The Morgan fingerprint density at radius 3 is 2.65 bits per heavy atom.